The van der Waals surface area contributed by atoms with Gasteiger partial charge in [0.2, 0.25) is 0 Å². The Morgan fingerprint density at radius 2 is 1.84 bits per heavy atom. The molecular weight excluding hydrogens is 444 g/mol. The van der Waals surface area contributed by atoms with Gasteiger partial charge in [-0.15, -0.1) is 0 Å². The van der Waals surface area contributed by atoms with Gasteiger partial charge in [0.1, 0.15) is 11.6 Å². The van der Waals surface area contributed by atoms with Crippen LogP contribution in [0.5, 0.6) is 5.75 Å². The van der Waals surface area contributed by atoms with E-state index in [1.54, 1.807) is 0 Å². The molecule has 106 valence electrons. The van der Waals surface area contributed by atoms with Crippen LogP contribution in [0.2, 0.25) is 0 Å². The van der Waals surface area contributed by atoms with E-state index in [1.165, 1.54) is 0 Å². The number of amidine groups is 1. The number of hydrogen-bond donors (Lipinski definition) is 2. The second-order valence-electron chi connectivity index (χ2n) is 4.67. The van der Waals surface area contributed by atoms with E-state index in [4.69, 9.17) is 15.7 Å². The Hall–Kier alpha value is -0.270. The number of benzene rings is 1. The van der Waals surface area contributed by atoms with E-state index < -0.39 is 5.41 Å². The summed E-state index contributed by atoms with van der Waals surface area (Å²) in [5, 5.41) is 11.8. The maximum atomic E-state index is 8.71. The van der Waals surface area contributed by atoms with E-state index >= 15 is 0 Å². The number of rotatable bonds is 5. The molecule has 0 radical (unpaired) electrons. The first-order valence-corrected chi connectivity index (χ1v) is 7.91. The van der Waals surface area contributed by atoms with E-state index in [9.17, 15) is 0 Å². The SMILES string of the molecule is CC(C)(CCOc1c(Br)cc(Br)cc1Br)C(N)=NO. The summed E-state index contributed by atoms with van der Waals surface area (Å²) in [6, 6.07) is 3.82. The third-order valence-electron chi connectivity index (χ3n) is 2.74. The molecule has 0 unspecified atom stereocenters. The predicted molar refractivity (Wildman–Crippen MR) is 86.8 cm³/mol. The fraction of sp³-hybridized carbons (Fsp3) is 0.417. The van der Waals surface area contributed by atoms with Crippen LogP contribution in [-0.2, 0) is 0 Å². The Kier molecular flexibility index (Phi) is 6.14. The minimum absolute atomic E-state index is 0.199. The van der Waals surface area contributed by atoms with Crippen LogP contribution in [0.3, 0.4) is 0 Å². The zero-order chi connectivity index (χ0) is 14.6. The van der Waals surface area contributed by atoms with Crippen molar-refractivity contribution < 1.29 is 9.94 Å². The molecule has 0 saturated carbocycles. The van der Waals surface area contributed by atoms with Crippen molar-refractivity contribution in [2.24, 2.45) is 16.3 Å². The first-order valence-electron chi connectivity index (χ1n) is 5.53. The van der Waals surface area contributed by atoms with Crippen molar-refractivity contribution >= 4 is 53.6 Å². The predicted octanol–water partition coefficient (Wildman–Crippen LogP) is 4.52. The molecule has 0 spiro atoms. The van der Waals surface area contributed by atoms with E-state index in [0.29, 0.717) is 13.0 Å². The lowest BCUT2D eigenvalue weighted by molar-refractivity contribution is 0.257. The Morgan fingerprint density at radius 3 is 2.32 bits per heavy atom. The van der Waals surface area contributed by atoms with E-state index in [1.807, 2.05) is 26.0 Å². The molecule has 0 amide bonds. The summed E-state index contributed by atoms with van der Waals surface area (Å²) in [4.78, 5) is 0. The molecule has 0 aliphatic carbocycles. The third kappa shape index (κ3) is 4.65. The Bertz CT molecular complexity index is 467. The van der Waals surface area contributed by atoms with Crippen LogP contribution in [-0.4, -0.2) is 17.6 Å². The zero-order valence-electron chi connectivity index (χ0n) is 10.6. The molecule has 3 N–H and O–H groups in total. The minimum Gasteiger partial charge on any atom is -0.491 e. The second-order valence-corrected chi connectivity index (χ2v) is 7.29. The van der Waals surface area contributed by atoms with Crippen molar-refractivity contribution in [3.8, 4) is 5.75 Å². The summed E-state index contributed by atoms with van der Waals surface area (Å²) >= 11 is 10.3. The quantitative estimate of drug-likeness (QED) is 0.295. The van der Waals surface area contributed by atoms with Crippen LogP contribution in [0.25, 0.3) is 0 Å². The zero-order valence-corrected chi connectivity index (χ0v) is 15.3. The second kappa shape index (κ2) is 6.95. The number of ether oxygens (including phenoxy) is 1. The molecule has 19 heavy (non-hydrogen) atoms. The van der Waals surface area contributed by atoms with Gasteiger partial charge < -0.3 is 15.7 Å². The molecule has 4 nitrogen and oxygen atoms in total. The van der Waals surface area contributed by atoms with Crippen LogP contribution in [0.1, 0.15) is 20.3 Å². The third-order valence-corrected chi connectivity index (χ3v) is 4.37. The Balaban J connectivity index is 2.69. The van der Waals surface area contributed by atoms with Crippen LogP contribution in [0, 0.1) is 5.41 Å². The average Bonchev–Trinajstić information content (AvgIpc) is 2.31. The smallest absolute Gasteiger partial charge is 0.147 e. The van der Waals surface area contributed by atoms with Gasteiger partial charge in [-0.05, 0) is 50.4 Å². The van der Waals surface area contributed by atoms with Crippen LogP contribution in [0.15, 0.2) is 30.7 Å². The summed E-state index contributed by atoms with van der Waals surface area (Å²) in [5.74, 6) is 0.934. The fourth-order valence-electron chi connectivity index (χ4n) is 1.34. The minimum atomic E-state index is -0.414. The maximum Gasteiger partial charge on any atom is 0.147 e. The van der Waals surface area contributed by atoms with Gasteiger partial charge in [-0.2, -0.15) is 0 Å². The van der Waals surface area contributed by atoms with Crippen molar-refractivity contribution in [2.45, 2.75) is 20.3 Å². The normalized spacial score (nSPS) is 12.6. The number of oxime groups is 1. The summed E-state index contributed by atoms with van der Waals surface area (Å²) in [7, 11) is 0. The summed E-state index contributed by atoms with van der Waals surface area (Å²) in [6.45, 7) is 4.26. The van der Waals surface area contributed by atoms with Gasteiger partial charge in [-0.25, -0.2) is 0 Å². The highest BCUT2D eigenvalue weighted by Gasteiger charge is 2.23. The monoisotopic (exact) mass is 456 g/mol. The first-order chi connectivity index (χ1) is 8.77. The van der Waals surface area contributed by atoms with Gasteiger partial charge >= 0.3 is 0 Å². The van der Waals surface area contributed by atoms with Crippen molar-refractivity contribution in [1.82, 2.24) is 0 Å². The van der Waals surface area contributed by atoms with Crippen molar-refractivity contribution in [3.05, 3.63) is 25.6 Å². The molecule has 0 aliphatic rings. The average molecular weight is 459 g/mol. The molecule has 1 aromatic carbocycles. The fourth-order valence-corrected chi connectivity index (χ4v) is 3.83. The maximum absolute atomic E-state index is 8.71. The van der Waals surface area contributed by atoms with E-state index in [0.717, 1.165) is 19.2 Å². The highest BCUT2D eigenvalue weighted by atomic mass is 79.9. The molecular formula is C12H15Br3N2O2. The summed E-state index contributed by atoms with van der Waals surface area (Å²) in [5.41, 5.74) is 5.22. The Morgan fingerprint density at radius 1 is 1.32 bits per heavy atom. The lowest BCUT2D eigenvalue weighted by Crippen LogP contribution is -2.33. The molecule has 0 atom stereocenters. The van der Waals surface area contributed by atoms with Crippen LogP contribution >= 0.6 is 47.8 Å². The van der Waals surface area contributed by atoms with Gasteiger partial charge in [0.25, 0.3) is 0 Å². The number of nitrogens with two attached hydrogens (primary N) is 1. The molecule has 0 aromatic heterocycles. The highest BCUT2D eigenvalue weighted by Crippen LogP contribution is 2.36. The molecule has 1 rings (SSSR count). The van der Waals surface area contributed by atoms with Crippen molar-refractivity contribution in [1.29, 1.82) is 0 Å². The van der Waals surface area contributed by atoms with Crippen LogP contribution < -0.4 is 10.5 Å². The van der Waals surface area contributed by atoms with E-state index in [-0.39, 0.29) is 5.84 Å². The largest absolute Gasteiger partial charge is 0.491 e. The van der Waals surface area contributed by atoms with Crippen molar-refractivity contribution in [2.75, 3.05) is 6.61 Å². The molecule has 7 heteroatoms. The van der Waals surface area contributed by atoms with Gasteiger partial charge in [-0.3, -0.25) is 0 Å². The number of hydrogen-bond acceptors (Lipinski definition) is 3. The molecule has 0 aliphatic heterocycles. The first kappa shape index (κ1) is 16.8. The summed E-state index contributed by atoms with van der Waals surface area (Å²) < 4.78 is 8.41. The number of halogens is 3. The van der Waals surface area contributed by atoms with Crippen molar-refractivity contribution in [3.63, 3.8) is 0 Å². The molecule has 0 fully saturated rings. The number of nitrogens with zero attached hydrogens (tertiary/aromatic N) is 1. The van der Waals surface area contributed by atoms with Gasteiger partial charge in [0, 0.05) is 9.89 Å². The molecule has 0 saturated heterocycles. The lowest BCUT2D eigenvalue weighted by Gasteiger charge is -2.23. The highest BCUT2D eigenvalue weighted by molar-refractivity contribution is 9.11. The van der Waals surface area contributed by atoms with Gasteiger partial charge in [0.15, 0.2) is 0 Å². The topological polar surface area (TPSA) is 67.8 Å². The molecule has 0 bridgehead atoms. The van der Waals surface area contributed by atoms with Crippen LogP contribution in [0.4, 0.5) is 0 Å². The van der Waals surface area contributed by atoms with E-state index in [2.05, 4.69) is 52.9 Å². The van der Waals surface area contributed by atoms with Gasteiger partial charge in [-0.1, -0.05) is 34.9 Å². The standard InChI is InChI=1S/C12H15Br3N2O2/c1-12(2,11(16)17-18)3-4-19-10-8(14)5-7(13)6-9(10)15/h5-6,18H,3-4H2,1-2H3,(H2,16,17). The van der Waals surface area contributed by atoms with Gasteiger partial charge in [0.05, 0.1) is 15.6 Å². The Labute approximate surface area is 137 Å². The summed E-state index contributed by atoms with van der Waals surface area (Å²) in [6.07, 6.45) is 0.637. The molecule has 1 aromatic rings. The lowest BCUT2D eigenvalue weighted by atomic mass is 9.88. The molecule has 0 heterocycles.